The quantitative estimate of drug-likeness (QED) is 0.474. The van der Waals surface area contributed by atoms with E-state index in [0.717, 1.165) is 11.3 Å². The Morgan fingerprint density at radius 2 is 1.81 bits per heavy atom. The minimum atomic E-state index is -1.23. The van der Waals surface area contributed by atoms with Crippen molar-refractivity contribution in [2.45, 2.75) is 32.7 Å². The molecule has 164 valence electrons. The lowest BCUT2D eigenvalue weighted by Crippen LogP contribution is -2.35. The topological polar surface area (TPSA) is 83.7 Å². The maximum Gasteiger partial charge on any atom is 0.407 e. The van der Waals surface area contributed by atoms with Crippen LogP contribution in [0, 0.1) is 13.8 Å². The molecule has 2 unspecified atom stereocenters. The van der Waals surface area contributed by atoms with Gasteiger partial charge in [-0.1, -0.05) is 59.6 Å². The van der Waals surface area contributed by atoms with Crippen LogP contribution in [-0.2, 0) is 11.3 Å². The highest BCUT2D eigenvalue weighted by molar-refractivity contribution is 6.43. The van der Waals surface area contributed by atoms with Crippen molar-refractivity contribution in [2.24, 2.45) is 0 Å². The molecule has 1 aromatic heterocycles. The van der Waals surface area contributed by atoms with Crippen LogP contribution < -0.4 is 5.32 Å². The summed E-state index contributed by atoms with van der Waals surface area (Å²) in [5.41, 5.74) is 3.59. The standard InChI is InChI=1S/C23H24Cl2N2O4/c1-14-11-17(15(2)27(14)19-10-6-9-18(24)21(19)25)22(29)20(28)12-26-23(30)31-13-16-7-4-3-5-8-16/h3-11,20,22,28-29H,12-13H2,1-2H3,(H,26,30). The summed E-state index contributed by atoms with van der Waals surface area (Å²) in [6.07, 6.45) is -3.12. The van der Waals surface area contributed by atoms with Crippen molar-refractivity contribution in [3.05, 3.63) is 87.2 Å². The zero-order valence-electron chi connectivity index (χ0n) is 17.2. The molecule has 2 aromatic carbocycles. The van der Waals surface area contributed by atoms with Gasteiger partial charge in [0.1, 0.15) is 18.8 Å². The van der Waals surface area contributed by atoms with E-state index in [1.54, 1.807) is 18.2 Å². The first-order chi connectivity index (χ1) is 14.8. The third-order valence-electron chi connectivity index (χ3n) is 4.99. The number of carbonyl (C=O) groups is 1. The number of benzene rings is 2. The van der Waals surface area contributed by atoms with E-state index in [0.29, 0.717) is 27.0 Å². The largest absolute Gasteiger partial charge is 0.445 e. The van der Waals surface area contributed by atoms with Gasteiger partial charge in [0.05, 0.1) is 15.7 Å². The number of aryl methyl sites for hydroxylation is 1. The Bertz CT molecular complexity index is 1050. The minimum Gasteiger partial charge on any atom is -0.445 e. The van der Waals surface area contributed by atoms with Crippen molar-refractivity contribution in [3.63, 3.8) is 0 Å². The van der Waals surface area contributed by atoms with Gasteiger partial charge in [-0.05, 0) is 37.6 Å². The smallest absolute Gasteiger partial charge is 0.407 e. The zero-order valence-corrected chi connectivity index (χ0v) is 18.7. The number of halogens is 2. The fourth-order valence-electron chi connectivity index (χ4n) is 3.40. The Balaban J connectivity index is 1.65. The van der Waals surface area contributed by atoms with Gasteiger partial charge in [0.25, 0.3) is 0 Å². The number of aliphatic hydroxyl groups is 2. The van der Waals surface area contributed by atoms with Gasteiger partial charge in [-0.2, -0.15) is 0 Å². The second-order valence-corrected chi connectivity index (χ2v) is 7.97. The molecule has 0 aliphatic heterocycles. The van der Waals surface area contributed by atoms with E-state index >= 15 is 0 Å². The number of aromatic nitrogens is 1. The maximum absolute atomic E-state index is 11.9. The Kier molecular flexibility index (Phi) is 7.62. The highest BCUT2D eigenvalue weighted by Gasteiger charge is 2.25. The molecular formula is C23H24Cl2N2O4. The second-order valence-electron chi connectivity index (χ2n) is 7.19. The second kappa shape index (κ2) is 10.2. The summed E-state index contributed by atoms with van der Waals surface area (Å²) in [6, 6.07) is 16.3. The molecule has 0 fully saturated rings. The molecule has 8 heteroatoms. The van der Waals surface area contributed by atoms with Crippen molar-refractivity contribution in [1.82, 2.24) is 9.88 Å². The van der Waals surface area contributed by atoms with Crippen LogP contribution in [0.1, 0.15) is 28.6 Å². The molecule has 2 atom stereocenters. The third-order valence-corrected chi connectivity index (χ3v) is 5.80. The van der Waals surface area contributed by atoms with E-state index in [1.807, 2.05) is 54.8 Å². The Morgan fingerprint density at radius 1 is 1.10 bits per heavy atom. The zero-order chi connectivity index (χ0) is 22.5. The number of nitrogens with one attached hydrogen (secondary N) is 1. The summed E-state index contributed by atoms with van der Waals surface area (Å²) in [4.78, 5) is 11.9. The molecule has 6 nitrogen and oxygen atoms in total. The van der Waals surface area contributed by atoms with Crippen LogP contribution >= 0.6 is 23.2 Å². The number of aliphatic hydroxyl groups excluding tert-OH is 2. The van der Waals surface area contributed by atoms with Crippen LogP contribution in [0.5, 0.6) is 0 Å². The lowest BCUT2D eigenvalue weighted by atomic mass is 10.0. The number of hydrogen-bond acceptors (Lipinski definition) is 4. The first-order valence-electron chi connectivity index (χ1n) is 9.73. The summed E-state index contributed by atoms with van der Waals surface area (Å²) < 4.78 is 6.98. The van der Waals surface area contributed by atoms with Gasteiger partial charge >= 0.3 is 6.09 Å². The molecule has 1 heterocycles. The summed E-state index contributed by atoms with van der Waals surface area (Å²) in [6.45, 7) is 3.63. The molecule has 3 N–H and O–H groups in total. The third kappa shape index (κ3) is 5.40. The number of rotatable bonds is 7. The Labute approximate surface area is 191 Å². The van der Waals surface area contributed by atoms with E-state index in [9.17, 15) is 15.0 Å². The first kappa shape index (κ1) is 23.2. The molecule has 0 radical (unpaired) electrons. The fourth-order valence-corrected chi connectivity index (χ4v) is 3.78. The molecular weight excluding hydrogens is 439 g/mol. The van der Waals surface area contributed by atoms with Crippen LogP contribution in [0.3, 0.4) is 0 Å². The molecule has 0 spiro atoms. The average Bonchev–Trinajstić information content (AvgIpc) is 3.06. The van der Waals surface area contributed by atoms with Crippen molar-refractivity contribution < 1.29 is 19.7 Å². The normalized spacial score (nSPS) is 13.0. The molecule has 31 heavy (non-hydrogen) atoms. The predicted octanol–water partition coefficient (Wildman–Crippen LogP) is 4.72. The number of alkyl carbamates (subject to hydrolysis) is 1. The van der Waals surface area contributed by atoms with Crippen LogP contribution in [-0.4, -0.2) is 33.5 Å². The molecule has 0 saturated heterocycles. The van der Waals surface area contributed by atoms with Gasteiger partial charge in [0.2, 0.25) is 0 Å². The molecule has 0 aliphatic carbocycles. The lowest BCUT2D eigenvalue weighted by molar-refractivity contribution is 0.0180. The van der Waals surface area contributed by atoms with E-state index < -0.39 is 18.3 Å². The lowest BCUT2D eigenvalue weighted by Gasteiger charge is -2.19. The van der Waals surface area contributed by atoms with Gasteiger partial charge in [-0.25, -0.2) is 4.79 Å². The van der Waals surface area contributed by atoms with E-state index in [1.165, 1.54) is 0 Å². The summed E-state index contributed by atoms with van der Waals surface area (Å²) in [5, 5.41) is 24.4. The van der Waals surface area contributed by atoms with Crippen molar-refractivity contribution in [2.75, 3.05) is 6.54 Å². The number of ether oxygens (including phenoxy) is 1. The molecule has 3 rings (SSSR count). The Morgan fingerprint density at radius 3 is 2.52 bits per heavy atom. The fraction of sp³-hybridized carbons (Fsp3) is 0.261. The number of amides is 1. The molecule has 0 bridgehead atoms. The van der Waals surface area contributed by atoms with E-state index in [-0.39, 0.29) is 13.2 Å². The average molecular weight is 463 g/mol. The van der Waals surface area contributed by atoms with Crippen molar-refractivity contribution in [1.29, 1.82) is 0 Å². The van der Waals surface area contributed by atoms with Crippen LogP contribution in [0.2, 0.25) is 10.0 Å². The minimum absolute atomic E-state index is 0.118. The van der Waals surface area contributed by atoms with E-state index in [4.69, 9.17) is 27.9 Å². The van der Waals surface area contributed by atoms with Crippen molar-refractivity contribution in [3.8, 4) is 5.69 Å². The van der Waals surface area contributed by atoms with Gasteiger partial charge < -0.3 is 24.8 Å². The van der Waals surface area contributed by atoms with Crippen LogP contribution in [0.4, 0.5) is 4.79 Å². The molecule has 0 aliphatic rings. The van der Waals surface area contributed by atoms with Gasteiger partial charge in [0, 0.05) is 23.5 Å². The summed E-state index contributed by atoms with van der Waals surface area (Å²) in [5.74, 6) is 0. The van der Waals surface area contributed by atoms with E-state index in [2.05, 4.69) is 5.32 Å². The van der Waals surface area contributed by atoms with Crippen LogP contribution in [0.25, 0.3) is 5.69 Å². The molecule has 0 saturated carbocycles. The SMILES string of the molecule is Cc1cc(C(O)C(O)CNC(=O)OCc2ccccc2)c(C)n1-c1cccc(Cl)c1Cl. The number of carbonyl (C=O) groups excluding carboxylic acids is 1. The number of hydrogen-bond donors (Lipinski definition) is 3. The van der Waals surface area contributed by atoms with Crippen LogP contribution in [0.15, 0.2) is 54.6 Å². The summed E-state index contributed by atoms with van der Waals surface area (Å²) in [7, 11) is 0. The maximum atomic E-state index is 11.9. The Hall–Kier alpha value is -2.51. The van der Waals surface area contributed by atoms with Gasteiger partial charge in [0.15, 0.2) is 0 Å². The molecule has 3 aromatic rings. The highest BCUT2D eigenvalue weighted by Crippen LogP contribution is 2.33. The monoisotopic (exact) mass is 462 g/mol. The molecule has 1 amide bonds. The van der Waals surface area contributed by atoms with Crippen molar-refractivity contribution >= 4 is 29.3 Å². The first-order valence-corrected chi connectivity index (χ1v) is 10.5. The summed E-state index contributed by atoms with van der Waals surface area (Å²) >= 11 is 12.5. The number of nitrogens with zero attached hydrogens (tertiary/aromatic N) is 1. The predicted molar refractivity (Wildman–Crippen MR) is 121 cm³/mol. The van der Waals surface area contributed by atoms with Gasteiger partial charge in [-0.3, -0.25) is 0 Å². The highest BCUT2D eigenvalue weighted by atomic mass is 35.5. The van der Waals surface area contributed by atoms with Gasteiger partial charge in [-0.15, -0.1) is 0 Å².